The lowest BCUT2D eigenvalue weighted by Crippen LogP contribution is -2.05. The number of nitrogens with zero attached hydrogens (tertiary/aromatic N) is 1. The van der Waals surface area contributed by atoms with Gasteiger partial charge in [-0.1, -0.05) is 18.2 Å². The Balaban J connectivity index is 1.71. The second kappa shape index (κ2) is 11.4. The fraction of sp³-hybridized carbons (Fsp3) is 0.308. The summed E-state index contributed by atoms with van der Waals surface area (Å²) in [7, 11) is 1.64. The molecule has 1 aliphatic rings. The smallest absolute Gasteiger partial charge is 0.303 e. The van der Waals surface area contributed by atoms with Gasteiger partial charge in [0.1, 0.15) is 18.2 Å². The molecule has 3 rings (SSSR count). The molecule has 1 aromatic carbocycles. The Morgan fingerprint density at radius 3 is 2.61 bits per heavy atom. The van der Waals surface area contributed by atoms with Crippen molar-refractivity contribution < 1.29 is 28.5 Å². The maximum Gasteiger partial charge on any atom is 0.303 e. The molecule has 0 radical (unpaired) electrons. The summed E-state index contributed by atoms with van der Waals surface area (Å²) in [6.45, 7) is 5.02. The summed E-state index contributed by atoms with van der Waals surface area (Å²) in [5.41, 5.74) is 4.88. The molecule has 0 fully saturated rings. The van der Waals surface area contributed by atoms with Crippen molar-refractivity contribution in [1.82, 2.24) is 4.98 Å². The highest BCUT2D eigenvalue weighted by molar-refractivity contribution is 5.69. The number of carbonyl (C=O) groups is 1. The van der Waals surface area contributed by atoms with E-state index in [9.17, 15) is 9.18 Å². The van der Waals surface area contributed by atoms with E-state index in [4.69, 9.17) is 19.3 Å². The van der Waals surface area contributed by atoms with Crippen LogP contribution in [-0.4, -0.2) is 36.4 Å². The zero-order chi connectivity index (χ0) is 23.8. The van der Waals surface area contributed by atoms with Gasteiger partial charge in [0.25, 0.3) is 0 Å². The number of ether oxygens (including phenoxy) is 3. The van der Waals surface area contributed by atoms with Gasteiger partial charge in [-0.3, -0.25) is 4.79 Å². The van der Waals surface area contributed by atoms with Crippen LogP contribution >= 0.6 is 0 Å². The largest absolute Gasteiger partial charge is 0.491 e. The third-order valence-corrected chi connectivity index (χ3v) is 5.19. The van der Waals surface area contributed by atoms with Crippen LogP contribution in [0.4, 0.5) is 4.39 Å². The first-order chi connectivity index (χ1) is 15.9. The fourth-order valence-electron chi connectivity index (χ4n) is 3.60. The van der Waals surface area contributed by atoms with Crippen LogP contribution < -0.4 is 9.47 Å². The van der Waals surface area contributed by atoms with Crippen molar-refractivity contribution in [3.05, 3.63) is 76.8 Å². The number of allylic oxidation sites excluding steroid dienone is 5. The number of rotatable bonds is 10. The lowest BCUT2D eigenvalue weighted by Gasteiger charge is -2.14. The average molecular weight is 454 g/mol. The molecule has 6 nitrogen and oxygen atoms in total. The first-order valence-electron chi connectivity index (χ1n) is 10.7. The minimum absolute atomic E-state index is 0.0634. The summed E-state index contributed by atoms with van der Waals surface area (Å²) in [4.78, 5) is 15.3. The maximum absolute atomic E-state index is 14.3. The van der Waals surface area contributed by atoms with Gasteiger partial charge in [0.05, 0.1) is 18.6 Å². The highest BCUT2D eigenvalue weighted by atomic mass is 19.1. The molecule has 0 amide bonds. The number of hydrogen-bond donors (Lipinski definition) is 1. The summed E-state index contributed by atoms with van der Waals surface area (Å²) in [5.74, 6) is -0.106. The molecule has 2 aromatic rings. The fourth-order valence-corrected chi connectivity index (χ4v) is 3.60. The molecule has 1 aliphatic carbocycles. The zero-order valence-electron chi connectivity index (χ0n) is 19.1. The van der Waals surface area contributed by atoms with E-state index in [1.807, 2.05) is 38.1 Å². The van der Waals surface area contributed by atoms with Crippen molar-refractivity contribution >= 4 is 5.97 Å². The maximum atomic E-state index is 14.3. The van der Waals surface area contributed by atoms with Crippen LogP contribution in [0.5, 0.6) is 11.6 Å². The molecule has 7 heteroatoms. The molecule has 0 saturated carbocycles. The first-order valence-corrected chi connectivity index (χ1v) is 10.7. The quantitative estimate of drug-likeness (QED) is 0.367. The topological polar surface area (TPSA) is 77.9 Å². The van der Waals surface area contributed by atoms with E-state index in [2.05, 4.69) is 4.98 Å². The molecule has 0 bridgehead atoms. The Morgan fingerprint density at radius 1 is 1.18 bits per heavy atom. The molecule has 1 aromatic heterocycles. The van der Waals surface area contributed by atoms with E-state index in [1.165, 1.54) is 6.26 Å². The van der Waals surface area contributed by atoms with Crippen molar-refractivity contribution in [3.63, 3.8) is 0 Å². The second-order valence-corrected chi connectivity index (χ2v) is 7.78. The van der Waals surface area contributed by atoms with Crippen molar-refractivity contribution in [2.45, 2.75) is 33.1 Å². The highest BCUT2D eigenvalue weighted by Gasteiger charge is 2.14. The number of aliphatic carboxylic acids is 1. The van der Waals surface area contributed by atoms with Crippen molar-refractivity contribution in [1.29, 1.82) is 0 Å². The Bertz CT molecular complexity index is 1080. The second-order valence-electron chi connectivity index (χ2n) is 7.78. The molecule has 0 saturated heterocycles. The zero-order valence-corrected chi connectivity index (χ0v) is 19.1. The van der Waals surface area contributed by atoms with Gasteiger partial charge in [-0.2, -0.15) is 0 Å². The number of methoxy groups -OCH3 is 1. The van der Waals surface area contributed by atoms with E-state index in [-0.39, 0.29) is 25.1 Å². The third kappa shape index (κ3) is 6.76. The highest BCUT2D eigenvalue weighted by Crippen LogP contribution is 2.31. The molecule has 1 N–H and O–H groups in total. The normalized spacial score (nSPS) is 14.6. The van der Waals surface area contributed by atoms with E-state index < -0.39 is 5.97 Å². The SMILES string of the molecule is COCCOc1cc(C)c(-c2cccc(OC=C3C=CC(CCC(=O)O)=C(F)C3)n2)c(C)c1. The molecule has 33 heavy (non-hydrogen) atoms. The molecule has 1 heterocycles. The number of carboxylic acids is 1. The molecular formula is C26H28FNO5. The molecule has 0 spiro atoms. The van der Waals surface area contributed by atoms with Gasteiger partial charge < -0.3 is 19.3 Å². The van der Waals surface area contributed by atoms with Gasteiger partial charge in [0.2, 0.25) is 5.88 Å². The number of halogens is 1. The Labute approximate surface area is 193 Å². The Morgan fingerprint density at radius 2 is 1.94 bits per heavy atom. The number of pyridine rings is 1. The van der Waals surface area contributed by atoms with Gasteiger partial charge in [-0.15, -0.1) is 0 Å². The van der Waals surface area contributed by atoms with Gasteiger partial charge in [0, 0.05) is 31.6 Å². The standard InChI is InChI=1S/C26H28FNO5/c1-17-13-21(32-12-11-31-3)14-18(2)26(17)23-5-4-6-24(28-23)33-16-19-7-8-20(22(27)15-19)9-10-25(29)30/h4-8,13-14,16H,9-12,15H2,1-3H3,(H,29,30). The average Bonchev–Trinajstić information content (AvgIpc) is 2.77. The minimum Gasteiger partial charge on any atom is -0.491 e. The van der Waals surface area contributed by atoms with E-state index in [1.54, 1.807) is 25.3 Å². The van der Waals surface area contributed by atoms with Crippen LogP contribution in [0.25, 0.3) is 11.3 Å². The molecular weight excluding hydrogens is 425 g/mol. The van der Waals surface area contributed by atoms with E-state index >= 15 is 0 Å². The van der Waals surface area contributed by atoms with Crippen LogP contribution in [0, 0.1) is 13.8 Å². The van der Waals surface area contributed by atoms with Gasteiger partial charge in [-0.25, -0.2) is 9.37 Å². The summed E-state index contributed by atoms with van der Waals surface area (Å²) in [6.07, 6.45) is 4.95. The van der Waals surface area contributed by atoms with Crippen LogP contribution in [0.2, 0.25) is 0 Å². The summed E-state index contributed by atoms with van der Waals surface area (Å²) in [6, 6.07) is 9.46. The number of aromatic nitrogens is 1. The lowest BCUT2D eigenvalue weighted by molar-refractivity contribution is -0.136. The van der Waals surface area contributed by atoms with Crippen LogP contribution in [-0.2, 0) is 9.53 Å². The van der Waals surface area contributed by atoms with Crippen molar-refractivity contribution in [2.24, 2.45) is 0 Å². The predicted octanol–water partition coefficient (Wildman–Crippen LogP) is 5.70. The van der Waals surface area contributed by atoms with E-state index in [0.717, 1.165) is 28.1 Å². The van der Waals surface area contributed by atoms with Crippen LogP contribution in [0.3, 0.4) is 0 Å². The van der Waals surface area contributed by atoms with Crippen molar-refractivity contribution in [2.75, 3.05) is 20.3 Å². The molecule has 0 atom stereocenters. The summed E-state index contributed by atoms with van der Waals surface area (Å²) < 4.78 is 30.7. The summed E-state index contributed by atoms with van der Waals surface area (Å²) in [5, 5.41) is 8.77. The third-order valence-electron chi connectivity index (χ3n) is 5.19. The van der Waals surface area contributed by atoms with Gasteiger partial charge in [-0.05, 0) is 60.7 Å². The number of carboxylic acid groups (broad SMARTS) is 1. The van der Waals surface area contributed by atoms with Crippen LogP contribution in [0.1, 0.15) is 30.4 Å². The molecule has 0 aliphatic heterocycles. The first kappa shape index (κ1) is 24.2. The Hall–Kier alpha value is -3.45. The van der Waals surface area contributed by atoms with Gasteiger partial charge >= 0.3 is 5.97 Å². The van der Waals surface area contributed by atoms with E-state index in [0.29, 0.717) is 30.2 Å². The Kier molecular flexibility index (Phi) is 8.38. The van der Waals surface area contributed by atoms with Crippen molar-refractivity contribution in [3.8, 4) is 22.9 Å². The number of hydrogen-bond acceptors (Lipinski definition) is 5. The van der Waals surface area contributed by atoms with Crippen LogP contribution in [0.15, 0.2) is 65.7 Å². The molecule has 174 valence electrons. The number of aryl methyl sites for hydroxylation is 2. The monoisotopic (exact) mass is 453 g/mol. The summed E-state index contributed by atoms with van der Waals surface area (Å²) >= 11 is 0. The number of benzene rings is 1. The van der Waals surface area contributed by atoms with Gasteiger partial charge in [0.15, 0.2) is 0 Å². The predicted molar refractivity (Wildman–Crippen MR) is 124 cm³/mol. The minimum atomic E-state index is -0.946. The lowest BCUT2D eigenvalue weighted by atomic mass is 9.98. The molecule has 0 unspecified atom stereocenters.